The van der Waals surface area contributed by atoms with Crippen molar-refractivity contribution in [3.05, 3.63) is 29.6 Å². The number of nitrogens with one attached hydrogen (secondary N) is 1. The summed E-state index contributed by atoms with van der Waals surface area (Å²) >= 11 is 0. The van der Waals surface area contributed by atoms with Gasteiger partial charge in [-0.15, -0.1) is 12.4 Å². The summed E-state index contributed by atoms with van der Waals surface area (Å²) in [5.41, 5.74) is -0.462. The van der Waals surface area contributed by atoms with Gasteiger partial charge in [0, 0.05) is 32.2 Å². The van der Waals surface area contributed by atoms with E-state index in [4.69, 9.17) is 4.74 Å². The van der Waals surface area contributed by atoms with Gasteiger partial charge in [-0.1, -0.05) is 0 Å². The third-order valence-electron chi connectivity index (χ3n) is 5.45. The van der Waals surface area contributed by atoms with Crippen molar-refractivity contribution in [2.75, 3.05) is 20.2 Å². The first-order chi connectivity index (χ1) is 13.0. The molecule has 2 heterocycles. The van der Waals surface area contributed by atoms with Crippen molar-refractivity contribution in [2.45, 2.75) is 50.7 Å². The molecule has 2 aliphatic rings. The van der Waals surface area contributed by atoms with Gasteiger partial charge in [0.25, 0.3) is 5.91 Å². The molecule has 1 aromatic heterocycles. The van der Waals surface area contributed by atoms with Crippen LogP contribution in [0.4, 0.5) is 8.78 Å². The lowest BCUT2D eigenvalue weighted by atomic mass is 9.82. The molecule has 2 fully saturated rings. The molecule has 1 aliphatic carbocycles. The lowest BCUT2D eigenvalue weighted by Crippen LogP contribution is -2.51. The molecular formula is C19H26ClF2N3O3. The smallest absolute Gasteiger partial charge is 0.273 e. The van der Waals surface area contributed by atoms with E-state index < -0.39 is 29.3 Å². The third kappa shape index (κ3) is 5.17. The molecule has 3 rings (SSSR count). The van der Waals surface area contributed by atoms with Crippen LogP contribution in [0.15, 0.2) is 12.3 Å². The first kappa shape index (κ1) is 22.5. The Morgan fingerprint density at radius 1 is 1.21 bits per heavy atom. The molecule has 0 unspecified atom stereocenters. The second-order valence-electron chi connectivity index (χ2n) is 7.23. The number of halogens is 3. The van der Waals surface area contributed by atoms with Gasteiger partial charge >= 0.3 is 0 Å². The summed E-state index contributed by atoms with van der Waals surface area (Å²) in [6.45, 7) is 1.57. The number of methoxy groups -OCH3 is 1. The quantitative estimate of drug-likeness (QED) is 0.817. The maximum Gasteiger partial charge on any atom is 0.273 e. The molecule has 0 spiro atoms. The lowest BCUT2D eigenvalue weighted by Gasteiger charge is -2.38. The summed E-state index contributed by atoms with van der Waals surface area (Å²) in [6.07, 6.45) is 5.49. The minimum Gasteiger partial charge on any atom is -0.379 e. The van der Waals surface area contributed by atoms with Crippen LogP contribution in [-0.2, 0) is 9.53 Å². The van der Waals surface area contributed by atoms with Gasteiger partial charge in [0.15, 0.2) is 11.5 Å². The maximum atomic E-state index is 13.8. The summed E-state index contributed by atoms with van der Waals surface area (Å²) < 4.78 is 32.3. The number of aromatic nitrogens is 1. The van der Waals surface area contributed by atoms with Crippen LogP contribution >= 0.6 is 12.4 Å². The molecule has 0 radical (unpaired) electrons. The van der Waals surface area contributed by atoms with E-state index in [0.29, 0.717) is 25.3 Å². The number of likely N-dealkylation sites (tertiary alicyclic amines) is 1. The van der Waals surface area contributed by atoms with Gasteiger partial charge in [0.05, 0.1) is 18.3 Å². The number of rotatable bonds is 4. The fourth-order valence-electron chi connectivity index (χ4n) is 3.99. The molecule has 1 aliphatic heterocycles. The van der Waals surface area contributed by atoms with Crippen molar-refractivity contribution in [1.29, 1.82) is 0 Å². The Labute approximate surface area is 169 Å². The number of ether oxygens (including phenoxy) is 1. The molecular weight excluding hydrogens is 392 g/mol. The summed E-state index contributed by atoms with van der Waals surface area (Å²) in [5.74, 6) is -2.66. The summed E-state index contributed by atoms with van der Waals surface area (Å²) in [7, 11) is 1.55. The van der Waals surface area contributed by atoms with Crippen LogP contribution in [0.2, 0.25) is 0 Å². The molecule has 6 nitrogen and oxygen atoms in total. The van der Waals surface area contributed by atoms with Gasteiger partial charge in [-0.25, -0.2) is 13.8 Å². The van der Waals surface area contributed by atoms with E-state index in [2.05, 4.69) is 10.3 Å². The van der Waals surface area contributed by atoms with Crippen molar-refractivity contribution in [2.24, 2.45) is 5.92 Å². The Balaban J connectivity index is 0.00000280. The number of carbonyl (C=O) groups is 2. The Hall–Kier alpha value is -1.80. The highest BCUT2D eigenvalue weighted by atomic mass is 35.5. The predicted octanol–water partition coefficient (Wildman–Crippen LogP) is 2.71. The molecule has 2 amide bonds. The van der Waals surface area contributed by atoms with Crippen molar-refractivity contribution in [1.82, 2.24) is 15.2 Å². The zero-order valence-electron chi connectivity index (χ0n) is 15.8. The standard InChI is InChI=1S/C19H25F2N3O3.ClH/c1-27-16-6-5-12(19(26)24-7-3-2-4-8-24)9-15(16)23-18(25)17-14(21)10-13(20)11-22-17;/h10-12,15-16H,2-9H2,1H3,(H,23,25);1H/t12-,15+,16+;/m0./s1. The highest BCUT2D eigenvalue weighted by Crippen LogP contribution is 2.29. The van der Waals surface area contributed by atoms with Crippen LogP contribution in [0, 0.1) is 17.6 Å². The van der Waals surface area contributed by atoms with E-state index >= 15 is 0 Å². The monoisotopic (exact) mass is 417 g/mol. The second kappa shape index (κ2) is 10.1. The summed E-state index contributed by atoms with van der Waals surface area (Å²) in [4.78, 5) is 30.6. The number of piperidine rings is 1. The Morgan fingerprint density at radius 3 is 2.57 bits per heavy atom. The average molecular weight is 418 g/mol. The van der Waals surface area contributed by atoms with E-state index in [9.17, 15) is 18.4 Å². The van der Waals surface area contributed by atoms with E-state index in [1.165, 1.54) is 0 Å². The van der Waals surface area contributed by atoms with E-state index in [-0.39, 0.29) is 30.3 Å². The van der Waals surface area contributed by atoms with Crippen LogP contribution in [0.25, 0.3) is 0 Å². The first-order valence-corrected chi connectivity index (χ1v) is 9.43. The molecule has 1 saturated carbocycles. The third-order valence-corrected chi connectivity index (χ3v) is 5.45. The molecule has 156 valence electrons. The van der Waals surface area contributed by atoms with Crippen LogP contribution in [-0.4, -0.2) is 54.0 Å². The van der Waals surface area contributed by atoms with E-state index in [0.717, 1.165) is 38.5 Å². The largest absolute Gasteiger partial charge is 0.379 e. The predicted molar refractivity (Wildman–Crippen MR) is 101 cm³/mol. The SMILES string of the molecule is CO[C@@H]1CC[C@H](C(=O)N2CCCCC2)C[C@H]1NC(=O)c1ncc(F)cc1F.Cl. The van der Waals surface area contributed by atoms with Crippen molar-refractivity contribution in [3.63, 3.8) is 0 Å². The van der Waals surface area contributed by atoms with Crippen molar-refractivity contribution < 1.29 is 23.1 Å². The maximum absolute atomic E-state index is 13.8. The van der Waals surface area contributed by atoms with Gasteiger partial charge in [0.2, 0.25) is 5.91 Å². The van der Waals surface area contributed by atoms with Gasteiger partial charge < -0.3 is 15.0 Å². The molecule has 28 heavy (non-hydrogen) atoms. The summed E-state index contributed by atoms with van der Waals surface area (Å²) in [5, 5.41) is 2.72. The minimum atomic E-state index is -1.02. The van der Waals surface area contributed by atoms with Crippen molar-refractivity contribution in [3.8, 4) is 0 Å². The van der Waals surface area contributed by atoms with Crippen LogP contribution in [0.3, 0.4) is 0 Å². The number of nitrogens with zero attached hydrogens (tertiary/aromatic N) is 2. The van der Waals surface area contributed by atoms with Crippen LogP contribution in [0.5, 0.6) is 0 Å². The number of hydrogen-bond acceptors (Lipinski definition) is 4. The average Bonchev–Trinajstić information content (AvgIpc) is 2.68. The fourth-order valence-corrected chi connectivity index (χ4v) is 3.99. The Kier molecular flexibility index (Phi) is 8.12. The number of amides is 2. The zero-order valence-corrected chi connectivity index (χ0v) is 16.6. The Bertz CT molecular complexity index is 701. The van der Waals surface area contributed by atoms with Gasteiger partial charge in [-0.3, -0.25) is 9.59 Å². The molecule has 0 aromatic carbocycles. The van der Waals surface area contributed by atoms with E-state index in [1.54, 1.807) is 7.11 Å². The lowest BCUT2D eigenvalue weighted by molar-refractivity contribution is -0.138. The highest BCUT2D eigenvalue weighted by molar-refractivity contribution is 5.92. The molecule has 1 N–H and O–H groups in total. The van der Waals surface area contributed by atoms with Crippen molar-refractivity contribution >= 4 is 24.2 Å². The number of pyridine rings is 1. The molecule has 1 aromatic rings. The second-order valence-corrected chi connectivity index (χ2v) is 7.23. The zero-order chi connectivity index (χ0) is 19.4. The molecule has 9 heteroatoms. The number of hydrogen-bond donors (Lipinski definition) is 1. The van der Waals surface area contributed by atoms with Gasteiger partial charge in [-0.05, 0) is 38.5 Å². The normalized spacial score (nSPS) is 25.0. The van der Waals surface area contributed by atoms with E-state index in [1.807, 2.05) is 4.90 Å². The fraction of sp³-hybridized carbons (Fsp3) is 0.632. The van der Waals surface area contributed by atoms with Crippen LogP contribution in [0.1, 0.15) is 49.0 Å². The van der Waals surface area contributed by atoms with Crippen LogP contribution < -0.4 is 5.32 Å². The van der Waals surface area contributed by atoms with Gasteiger partial charge in [0.1, 0.15) is 5.82 Å². The summed E-state index contributed by atoms with van der Waals surface area (Å²) in [6, 6.07) is 0.195. The molecule has 3 atom stereocenters. The minimum absolute atomic E-state index is 0. The van der Waals surface area contributed by atoms with Gasteiger partial charge in [-0.2, -0.15) is 0 Å². The molecule has 0 bridgehead atoms. The Morgan fingerprint density at radius 2 is 1.93 bits per heavy atom. The number of carbonyl (C=O) groups excluding carboxylic acids is 2. The topological polar surface area (TPSA) is 71.5 Å². The molecule has 1 saturated heterocycles. The highest BCUT2D eigenvalue weighted by Gasteiger charge is 2.37. The first-order valence-electron chi connectivity index (χ1n) is 9.43.